The lowest BCUT2D eigenvalue weighted by Crippen LogP contribution is -2.22. The second-order valence-corrected chi connectivity index (χ2v) is 9.57. The van der Waals surface area contributed by atoms with Crippen molar-refractivity contribution in [2.45, 2.75) is 39.3 Å². The second-order valence-electron chi connectivity index (χ2n) is 9.57. The van der Waals surface area contributed by atoms with Crippen LogP contribution in [0.15, 0.2) is 54.7 Å². The van der Waals surface area contributed by atoms with Crippen molar-refractivity contribution in [2.75, 3.05) is 19.0 Å². The van der Waals surface area contributed by atoms with Crippen LogP contribution in [0.4, 0.5) is 5.95 Å². The Labute approximate surface area is 226 Å². The van der Waals surface area contributed by atoms with Crippen LogP contribution in [-0.4, -0.2) is 60.8 Å². The lowest BCUT2D eigenvalue weighted by molar-refractivity contribution is -0.140. The number of aliphatic carboxylic acids is 1. The quantitative estimate of drug-likeness (QED) is 0.293. The van der Waals surface area contributed by atoms with Crippen molar-refractivity contribution in [3.63, 3.8) is 0 Å². The van der Waals surface area contributed by atoms with Crippen LogP contribution in [0.25, 0.3) is 22.6 Å². The number of methoxy groups -OCH3 is 1. The van der Waals surface area contributed by atoms with Crippen LogP contribution in [0.5, 0.6) is 0 Å². The van der Waals surface area contributed by atoms with Crippen LogP contribution >= 0.6 is 0 Å². The summed E-state index contributed by atoms with van der Waals surface area (Å²) in [4.78, 5) is 25.7. The molecule has 11 heteroatoms. The van der Waals surface area contributed by atoms with Crippen LogP contribution in [0.2, 0.25) is 0 Å². The molecular formula is C28H30N8O3. The van der Waals surface area contributed by atoms with Crippen molar-refractivity contribution in [1.29, 1.82) is 5.26 Å². The number of nitrogens with one attached hydrogen (secondary N) is 1. The summed E-state index contributed by atoms with van der Waals surface area (Å²) < 4.78 is 6.86. The highest BCUT2D eigenvalue weighted by atomic mass is 16.5. The third-order valence-electron chi connectivity index (χ3n) is 6.01. The van der Waals surface area contributed by atoms with Gasteiger partial charge in [0, 0.05) is 18.7 Å². The van der Waals surface area contributed by atoms with E-state index in [9.17, 15) is 15.2 Å². The maximum Gasteiger partial charge on any atom is 0.312 e. The second kappa shape index (κ2) is 12.2. The minimum atomic E-state index is -0.901. The molecule has 0 amide bonds. The summed E-state index contributed by atoms with van der Waals surface area (Å²) in [6.07, 6.45) is 1.76. The molecular weight excluding hydrogens is 496 g/mol. The molecule has 0 saturated carbocycles. The van der Waals surface area contributed by atoms with Gasteiger partial charge in [-0.1, -0.05) is 37.3 Å². The van der Waals surface area contributed by atoms with Crippen molar-refractivity contribution in [3.8, 4) is 28.7 Å². The van der Waals surface area contributed by atoms with Gasteiger partial charge in [0.05, 0.1) is 53.8 Å². The molecule has 39 heavy (non-hydrogen) atoms. The number of nitrogens with zero attached hydrogens (tertiary/aromatic N) is 7. The Hall–Kier alpha value is -4.69. The molecule has 1 aromatic carbocycles. The molecule has 1 unspecified atom stereocenters. The van der Waals surface area contributed by atoms with Gasteiger partial charge in [0.1, 0.15) is 11.6 Å². The van der Waals surface area contributed by atoms with Gasteiger partial charge >= 0.3 is 5.97 Å². The Balaban J connectivity index is 1.65. The van der Waals surface area contributed by atoms with E-state index in [1.165, 1.54) is 0 Å². The number of carbonyl (C=O) groups is 1. The van der Waals surface area contributed by atoms with Gasteiger partial charge in [0.2, 0.25) is 5.95 Å². The van der Waals surface area contributed by atoms with Gasteiger partial charge in [-0.2, -0.15) is 5.26 Å². The summed E-state index contributed by atoms with van der Waals surface area (Å²) in [6, 6.07) is 16.5. The first-order chi connectivity index (χ1) is 18.8. The lowest BCUT2D eigenvalue weighted by Gasteiger charge is -2.16. The smallest absolute Gasteiger partial charge is 0.312 e. The molecule has 0 saturated heterocycles. The van der Waals surface area contributed by atoms with Gasteiger partial charge in [-0.05, 0) is 43.2 Å². The van der Waals surface area contributed by atoms with Crippen LogP contribution in [0.3, 0.4) is 0 Å². The molecule has 0 aliphatic rings. The van der Waals surface area contributed by atoms with E-state index in [1.807, 2.05) is 39.0 Å². The van der Waals surface area contributed by atoms with Crippen molar-refractivity contribution in [3.05, 3.63) is 71.7 Å². The summed E-state index contributed by atoms with van der Waals surface area (Å²) in [5.41, 5.74) is 4.18. The molecule has 3 heterocycles. The minimum absolute atomic E-state index is 0.0435. The normalized spacial score (nSPS) is 12.6. The van der Waals surface area contributed by atoms with E-state index in [-0.39, 0.29) is 12.0 Å². The molecule has 0 aliphatic carbocycles. The molecule has 0 radical (unpaired) electrons. The number of aromatic nitrogens is 6. The molecule has 4 rings (SSSR count). The molecule has 2 N–H and O–H groups in total. The minimum Gasteiger partial charge on any atom is -0.481 e. The average molecular weight is 527 g/mol. The molecule has 0 fully saturated rings. The summed E-state index contributed by atoms with van der Waals surface area (Å²) in [5, 5.41) is 30.8. The van der Waals surface area contributed by atoms with Gasteiger partial charge in [-0.15, -0.1) is 5.10 Å². The van der Waals surface area contributed by atoms with E-state index in [4.69, 9.17) is 4.74 Å². The zero-order valence-electron chi connectivity index (χ0n) is 22.2. The van der Waals surface area contributed by atoms with E-state index < -0.39 is 11.9 Å². The van der Waals surface area contributed by atoms with Crippen LogP contribution in [0.1, 0.15) is 43.6 Å². The number of nitriles is 1. The number of hydrogen-bond acceptors (Lipinski definition) is 9. The topological polar surface area (TPSA) is 152 Å². The fourth-order valence-electron chi connectivity index (χ4n) is 4.22. The number of ether oxygens (including phenoxy) is 1. The van der Waals surface area contributed by atoms with Gasteiger partial charge < -0.3 is 15.2 Å². The molecule has 0 bridgehead atoms. The molecule has 11 nitrogen and oxygen atoms in total. The Morgan fingerprint density at radius 1 is 1.08 bits per heavy atom. The number of carboxylic acids is 1. The number of benzene rings is 1. The maximum absolute atomic E-state index is 11.8. The standard InChI is InChI=1S/C28H30N8O3/c1-17(2)26(27(37)38)22-10-6-9-21(31-22)14-36-15-25(34-35-36)24-12-23(20-8-5-7-19(11-20)13-29)32-28(33-24)30-18(3)16-39-4/h5-12,15,17-18,26H,14,16H2,1-4H3,(H,37,38)(H,30,32,33)/t18-,26?/m1/s1. The predicted octanol–water partition coefficient (Wildman–Crippen LogP) is 3.99. The zero-order valence-corrected chi connectivity index (χ0v) is 22.2. The third kappa shape index (κ3) is 6.80. The van der Waals surface area contributed by atoms with E-state index in [1.54, 1.807) is 48.3 Å². The monoisotopic (exact) mass is 526 g/mol. The Kier molecular flexibility index (Phi) is 8.58. The van der Waals surface area contributed by atoms with E-state index in [0.717, 1.165) is 5.56 Å². The average Bonchev–Trinajstić information content (AvgIpc) is 3.37. The van der Waals surface area contributed by atoms with Crippen molar-refractivity contribution < 1.29 is 14.6 Å². The lowest BCUT2D eigenvalue weighted by atomic mass is 9.92. The SMILES string of the molecule is COC[C@@H](C)Nc1nc(-c2cccc(C#N)c2)cc(-c2cn(Cc3cccc(C(C(=O)O)C(C)C)n3)nn2)n1. The van der Waals surface area contributed by atoms with E-state index >= 15 is 0 Å². The fraction of sp³-hybridized carbons (Fsp3) is 0.321. The summed E-state index contributed by atoms with van der Waals surface area (Å²) in [7, 11) is 1.63. The largest absolute Gasteiger partial charge is 0.481 e. The van der Waals surface area contributed by atoms with Crippen molar-refractivity contribution >= 4 is 11.9 Å². The number of pyridine rings is 1. The Bertz CT molecular complexity index is 1490. The highest BCUT2D eigenvalue weighted by Gasteiger charge is 2.25. The first-order valence-electron chi connectivity index (χ1n) is 12.5. The highest BCUT2D eigenvalue weighted by molar-refractivity contribution is 5.75. The Morgan fingerprint density at radius 2 is 1.85 bits per heavy atom. The maximum atomic E-state index is 11.8. The fourth-order valence-corrected chi connectivity index (χ4v) is 4.22. The number of anilines is 1. The number of carboxylic acid groups (broad SMARTS) is 1. The molecule has 200 valence electrons. The molecule has 0 aliphatic heterocycles. The van der Waals surface area contributed by atoms with Crippen molar-refractivity contribution in [1.82, 2.24) is 29.9 Å². The number of hydrogen-bond donors (Lipinski definition) is 2. The highest BCUT2D eigenvalue weighted by Crippen LogP contribution is 2.26. The number of rotatable bonds is 11. The Morgan fingerprint density at radius 3 is 2.56 bits per heavy atom. The molecule has 0 spiro atoms. The third-order valence-corrected chi connectivity index (χ3v) is 6.01. The summed E-state index contributed by atoms with van der Waals surface area (Å²) >= 11 is 0. The zero-order chi connectivity index (χ0) is 27.9. The first kappa shape index (κ1) is 27.3. The summed E-state index contributed by atoms with van der Waals surface area (Å²) in [6.45, 7) is 6.46. The van der Waals surface area contributed by atoms with Gasteiger partial charge in [-0.3, -0.25) is 9.78 Å². The first-order valence-corrected chi connectivity index (χ1v) is 12.5. The van der Waals surface area contributed by atoms with E-state index in [0.29, 0.717) is 53.1 Å². The van der Waals surface area contributed by atoms with Crippen molar-refractivity contribution in [2.24, 2.45) is 5.92 Å². The van der Waals surface area contributed by atoms with Crippen LogP contribution < -0.4 is 5.32 Å². The van der Waals surface area contributed by atoms with Crippen LogP contribution in [0, 0.1) is 17.2 Å². The molecule has 3 aromatic heterocycles. The van der Waals surface area contributed by atoms with E-state index in [2.05, 4.69) is 36.7 Å². The van der Waals surface area contributed by atoms with Gasteiger partial charge in [0.25, 0.3) is 0 Å². The summed E-state index contributed by atoms with van der Waals surface area (Å²) in [5.74, 6) is -1.30. The van der Waals surface area contributed by atoms with Gasteiger partial charge in [0.15, 0.2) is 0 Å². The van der Waals surface area contributed by atoms with Gasteiger partial charge in [-0.25, -0.2) is 14.6 Å². The molecule has 2 atom stereocenters. The molecule has 4 aromatic rings. The van der Waals surface area contributed by atoms with Crippen LogP contribution in [-0.2, 0) is 16.1 Å². The predicted molar refractivity (Wildman–Crippen MR) is 145 cm³/mol.